The van der Waals surface area contributed by atoms with E-state index in [1.165, 1.54) is 30.9 Å². The summed E-state index contributed by atoms with van der Waals surface area (Å²) < 4.78 is 27.5. The summed E-state index contributed by atoms with van der Waals surface area (Å²) in [7, 11) is -3.86. The molecule has 2 aliphatic rings. The summed E-state index contributed by atoms with van der Waals surface area (Å²) in [6.45, 7) is 4.02. The lowest BCUT2D eigenvalue weighted by Gasteiger charge is -2.38. The van der Waals surface area contributed by atoms with E-state index >= 15 is 0 Å². The van der Waals surface area contributed by atoms with Crippen molar-refractivity contribution in [2.24, 2.45) is 11.8 Å². The Morgan fingerprint density at radius 3 is 2.44 bits per heavy atom. The number of aliphatic hydroxyl groups is 2. The summed E-state index contributed by atoms with van der Waals surface area (Å²) >= 11 is 6.64. The minimum absolute atomic E-state index is 0.0764. The molecule has 8 heteroatoms. The lowest BCUT2D eigenvalue weighted by molar-refractivity contribution is -0.00752. The number of nitrogens with zero attached hydrogens (tertiary/aromatic N) is 1. The van der Waals surface area contributed by atoms with Crippen molar-refractivity contribution >= 4 is 38.5 Å². The van der Waals surface area contributed by atoms with Crippen LogP contribution in [0.1, 0.15) is 51.5 Å². The standard InChI is InChI=1S/C28H33ClN2O4S/c1-18(28(32)33)13-25(30)22-14-27-26(15-24(22)29)31(21-11-7-4-8-12-21)16-23(19(2)17-36(27,34)35)20-9-5-3-6-10-20/h4,7-8,11-15,17,20,23,28,30,32-33H,3,5-6,9-10,16H2,1-2H3/b18-13+,19-17+,30-25?/t23-/m1/s1. The molecule has 4 rings (SSSR count). The molecule has 0 spiro atoms. The van der Waals surface area contributed by atoms with Crippen LogP contribution in [0.3, 0.4) is 0 Å². The quantitative estimate of drug-likeness (QED) is 0.327. The van der Waals surface area contributed by atoms with Gasteiger partial charge in [0.15, 0.2) is 6.29 Å². The van der Waals surface area contributed by atoms with E-state index in [0.717, 1.165) is 36.9 Å². The molecule has 0 unspecified atom stereocenters. The summed E-state index contributed by atoms with van der Waals surface area (Å²) in [5.41, 5.74) is 2.47. The molecule has 0 radical (unpaired) electrons. The van der Waals surface area contributed by atoms with Gasteiger partial charge in [-0.1, -0.05) is 54.6 Å². The van der Waals surface area contributed by atoms with Crippen LogP contribution in [0.15, 0.2) is 70.0 Å². The average molecular weight is 529 g/mol. The lowest BCUT2D eigenvalue weighted by atomic mass is 9.77. The molecular weight excluding hydrogens is 496 g/mol. The van der Waals surface area contributed by atoms with Crippen LogP contribution in [0.5, 0.6) is 0 Å². The Morgan fingerprint density at radius 2 is 1.81 bits per heavy atom. The van der Waals surface area contributed by atoms with E-state index in [1.54, 1.807) is 6.07 Å². The third kappa shape index (κ3) is 5.59. The Bertz CT molecular complexity index is 1300. The smallest absolute Gasteiger partial charge is 0.201 e. The number of halogens is 1. The fourth-order valence-electron chi connectivity index (χ4n) is 5.31. The zero-order valence-electron chi connectivity index (χ0n) is 20.6. The van der Waals surface area contributed by atoms with Gasteiger partial charge in [-0.15, -0.1) is 0 Å². The zero-order chi connectivity index (χ0) is 26.0. The Labute approximate surface area is 218 Å². The molecule has 1 heterocycles. The van der Waals surface area contributed by atoms with E-state index < -0.39 is 16.1 Å². The van der Waals surface area contributed by atoms with Crippen molar-refractivity contribution in [2.75, 3.05) is 11.4 Å². The maximum atomic E-state index is 13.8. The van der Waals surface area contributed by atoms with Crippen LogP contribution in [-0.2, 0) is 9.84 Å². The first kappa shape index (κ1) is 26.6. The summed E-state index contributed by atoms with van der Waals surface area (Å²) in [6, 6.07) is 12.8. The van der Waals surface area contributed by atoms with Gasteiger partial charge in [0, 0.05) is 29.1 Å². The van der Waals surface area contributed by atoms with Gasteiger partial charge in [0.05, 0.1) is 21.3 Å². The fourth-order valence-corrected chi connectivity index (χ4v) is 7.11. The molecule has 3 N–H and O–H groups in total. The van der Waals surface area contributed by atoms with Gasteiger partial charge in [0.25, 0.3) is 0 Å². The molecule has 0 saturated heterocycles. The number of benzene rings is 2. The largest absolute Gasteiger partial charge is 0.365 e. The first-order chi connectivity index (χ1) is 17.1. The first-order valence-corrected chi connectivity index (χ1v) is 14.2. The number of rotatable bonds is 5. The molecular formula is C28H33ClN2O4S. The maximum absolute atomic E-state index is 13.8. The normalized spacial score (nSPS) is 22.4. The SMILES string of the molecule is C/C(=C\C(=N)c1cc2c(cc1Cl)N(c1ccccc1)C[C@@H](C1CCCCC1)/C(C)=C/S2(=O)=O)C(O)O. The molecule has 0 amide bonds. The number of aliphatic hydroxyl groups excluding tert-OH is 1. The van der Waals surface area contributed by atoms with Gasteiger partial charge in [-0.25, -0.2) is 8.42 Å². The van der Waals surface area contributed by atoms with Crippen molar-refractivity contribution in [3.05, 3.63) is 75.7 Å². The summed E-state index contributed by atoms with van der Waals surface area (Å²) in [6.07, 6.45) is 5.29. The molecule has 2 aromatic rings. The molecule has 1 fully saturated rings. The van der Waals surface area contributed by atoms with Crippen LogP contribution in [-0.4, -0.2) is 37.2 Å². The van der Waals surface area contributed by atoms with E-state index in [0.29, 0.717) is 18.2 Å². The second kappa shape index (κ2) is 10.9. The van der Waals surface area contributed by atoms with Gasteiger partial charge < -0.3 is 20.5 Å². The van der Waals surface area contributed by atoms with Gasteiger partial charge in [-0.2, -0.15) is 0 Å². The van der Waals surface area contributed by atoms with Crippen molar-refractivity contribution < 1.29 is 18.6 Å². The Hall–Kier alpha value is -2.45. The molecule has 1 aliphatic heterocycles. The highest BCUT2D eigenvalue weighted by Gasteiger charge is 2.34. The molecule has 192 valence electrons. The third-order valence-electron chi connectivity index (χ3n) is 7.31. The summed E-state index contributed by atoms with van der Waals surface area (Å²) in [5, 5.41) is 28.9. The number of anilines is 2. The van der Waals surface area contributed by atoms with Crippen LogP contribution >= 0.6 is 11.6 Å². The predicted molar refractivity (Wildman–Crippen MR) is 145 cm³/mol. The van der Waals surface area contributed by atoms with Gasteiger partial charge in [0.1, 0.15) is 0 Å². The molecule has 1 atom stereocenters. The number of nitrogens with one attached hydrogen (secondary N) is 1. The summed E-state index contributed by atoms with van der Waals surface area (Å²) in [5.74, 6) is 0.501. The highest BCUT2D eigenvalue weighted by molar-refractivity contribution is 7.94. The predicted octanol–water partition coefficient (Wildman–Crippen LogP) is 5.99. The number of fused-ring (bicyclic) bond motifs is 1. The molecule has 0 bridgehead atoms. The molecule has 1 aliphatic carbocycles. The highest BCUT2D eigenvalue weighted by Crippen LogP contribution is 2.43. The van der Waals surface area contributed by atoms with Gasteiger partial charge in [-0.3, -0.25) is 0 Å². The molecule has 2 aromatic carbocycles. The van der Waals surface area contributed by atoms with Crippen LogP contribution in [0, 0.1) is 17.2 Å². The van der Waals surface area contributed by atoms with Crippen LogP contribution < -0.4 is 4.90 Å². The Kier molecular flexibility index (Phi) is 8.05. The number of hydrogen-bond acceptors (Lipinski definition) is 6. The van der Waals surface area contributed by atoms with E-state index in [-0.39, 0.29) is 32.7 Å². The third-order valence-corrected chi connectivity index (χ3v) is 9.24. The molecule has 6 nitrogen and oxygen atoms in total. The van der Waals surface area contributed by atoms with E-state index in [9.17, 15) is 18.6 Å². The number of allylic oxidation sites excluding steroid dienone is 1. The van der Waals surface area contributed by atoms with Gasteiger partial charge in [0.2, 0.25) is 9.84 Å². The zero-order valence-corrected chi connectivity index (χ0v) is 22.2. The second-order valence-corrected chi connectivity index (χ2v) is 12.0. The van der Waals surface area contributed by atoms with Gasteiger partial charge >= 0.3 is 0 Å². The monoisotopic (exact) mass is 528 g/mol. The minimum Gasteiger partial charge on any atom is -0.365 e. The molecule has 0 aromatic heterocycles. The molecule has 36 heavy (non-hydrogen) atoms. The Balaban J connectivity index is 1.91. The number of para-hydroxylation sites is 1. The lowest BCUT2D eigenvalue weighted by Crippen LogP contribution is -2.34. The van der Waals surface area contributed by atoms with Crippen molar-refractivity contribution in [3.8, 4) is 0 Å². The van der Waals surface area contributed by atoms with E-state index in [1.807, 2.05) is 42.2 Å². The van der Waals surface area contributed by atoms with Crippen LogP contribution in [0.25, 0.3) is 0 Å². The van der Waals surface area contributed by atoms with Crippen molar-refractivity contribution in [1.29, 1.82) is 5.41 Å². The fraction of sp³-hybridized carbons (Fsp3) is 0.393. The van der Waals surface area contributed by atoms with E-state index in [4.69, 9.17) is 17.0 Å². The minimum atomic E-state index is -3.86. The van der Waals surface area contributed by atoms with Crippen LogP contribution in [0.4, 0.5) is 11.4 Å². The van der Waals surface area contributed by atoms with Crippen LogP contribution in [0.2, 0.25) is 5.02 Å². The first-order valence-electron chi connectivity index (χ1n) is 12.3. The van der Waals surface area contributed by atoms with Crippen molar-refractivity contribution in [2.45, 2.75) is 57.1 Å². The Morgan fingerprint density at radius 1 is 1.14 bits per heavy atom. The number of hydrogen-bond donors (Lipinski definition) is 3. The molecule has 1 saturated carbocycles. The van der Waals surface area contributed by atoms with Crippen molar-refractivity contribution in [1.82, 2.24) is 0 Å². The van der Waals surface area contributed by atoms with Gasteiger partial charge in [-0.05, 0) is 68.5 Å². The number of sulfone groups is 1. The average Bonchev–Trinajstić information content (AvgIpc) is 2.84. The topological polar surface area (TPSA) is 102 Å². The maximum Gasteiger partial charge on any atom is 0.201 e. The van der Waals surface area contributed by atoms with Crippen molar-refractivity contribution in [3.63, 3.8) is 0 Å². The highest BCUT2D eigenvalue weighted by atomic mass is 35.5. The second-order valence-electron chi connectivity index (χ2n) is 9.83. The summed E-state index contributed by atoms with van der Waals surface area (Å²) in [4.78, 5) is 2.12. The van der Waals surface area contributed by atoms with E-state index in [2.05, 4.69) is 0 Å².